The highest BCUT2D eigenvalue weighted by atomic mass is 16.2. The Kier molecular flexibility index (Phi) is 5.84. The fourth-order valence-electron chi connectivity index (χ4n) is 3.17. The lowest BCUT2D eigenvalue weighted by Gasteiger charge is -2.30. The molecule has 0 aromatic heterocycles. The number of rotatable bonds is 4. The van der Waals surface area contributed by atoms with E-state index >= 15 is 0 Å². The first-order chi connectivity index (χ1) is 12.6. The van der Waals surface area contributed by atoms with Crippen LogP contribution in [0.2, 0.25) is 0 Å². The van der Waals surface area contributed by atoms with Gasteiger partial charge in [-0.15, -0.1) is 0 Å². The van der Waals surface area contributed by atoms with Crippen molar-refractivity contribution in [3.05, 3.63) is 71.8 Å². The zero-order chi connectivity index (χ0) is 18.4. The molecule has 0 spiro atoms. The van der Waals surface area contributed by atoms with E-state index < -0.39 is 0 Å². The van der Waals surface area contributed by atoms with Crippen LogP contribution in [0.25, 0.3) is 6.08 Å². The Hall–Kier alpha value is -2.88. The Morgan fingerprint density at radius 3 is 2.46 bits per heavy atom. The Labute approximate surface area is 154 Å². The summed E-state index contributed by atoms with van der Waals surface area (Å²) in [5.41, 5.74) is 3.01. The zero-order valence-corrected chi connectivity index (χ0v) is 15.0. The van der Waals surface area contributed by atoms with E-state index in [1.165, 1.54) is 5.56 Å². The van der Waals surface area contributed by atoms with Crippen molar-refractivity contribution in [3.8, 4) is 0 Å². The molecule has 0 unspecified atom stereocenters. The van der Waals surface area contributed by atoms with E-state index in [0.717, 1.165) is 11.3 Å². The third-order valence-electron chi connectivity index (χ3n) is 4.68. The van der Waals surface area contributed by atoms with Gasteiger partial charge in [0, 0.05) is 30.8 Å². The number of anilines is 1. The molecule has 0 bridgehead atoms. The first kappa shape index (κ1) is 17.9. The molecule has 2 amide bonds. The molecule has 2 aromatic carbocycles. The van der Waals surface area contributed by atoms with Gasteiger partial charge in [0.15, 0.2) is 0 Å². The fourth-order valence-corrected chi connectivity index (χ4v) is 3.17. The molecule has 0 radical (unpaired) electrons. The number of carbonyl (C=O) groups excluding carboxylic acids is 2. The number of nitrogens with one attached hydrogen (secondary N) is 1. The van der Waals surface area contributed by atoms with Gasteiger partial charge in [-0.25, -0.2) is 0 Å². The molecule has 0 atom stereocenters. The minimum Gasteiger partial charge on any atom is -0.339 e. The van der Waals surface area contributed by atoms with Crippen molar-refractivity contribution in [1.82, 2.24) is 4.90 Å². The standard InChI is InChI=1S/C22H24N2O2/c1-17-6-5-7-18(16-17)10-11-21(25)24-14-12-19(13-15-24)22(26)23-20-8-3-2-4-9-20/h2-11,16,19H,12-15H2,1H3,(H,23,26)/b11-10+. The summed E-state index contributed by atoms with van der Waals surface area (Å²) in [7, 11) is 0. The number of likely N-dealkylation sites (tertiary alicyclic amines) is 1. The second-order valence-corrected chi connectivity index (χ2v) is 6.70. The third-order valence-corrected chi connectivity index (χ3v) is 4.68. The third kappa shape index (κ3) is 4.82. The van der Waals surface area contributed by atoms with Crippen LogP contribution in [0.5, 0.6) is 0 Å². The van der Waals surface area contributed by atoms with Crippen molar-refractivity contribution in [1.29, 1.82) is 0 Å². The van der Waals surface area contributed by atoms with Crippen LogP contribution in [-0.2, 0) is 9.59 Å². The topological polar surface area (TPSA) is 49.4 Å². The van der Waals surface area contributed by atoms with Gasteiger partial charge in [0.2, 0.25) is 11.8 Å². The molecule has 0 aliphatic carbocycles. The summed E-state index contributed by atoms with van der Waals surface area (Å²) in [6.07, 6.45) is 4.87. The van der Waals surface area contributed by atoms with Gasteiger partial charge in [0.05, 0.1) is 0 Å². The normalized spacial score (nSPS) is 15.2. The number of amides is 2. The lowest BCUT2D eigenvalue weighted by Crippen LogP contribution is -2.40. The average Bonchev–Trinajstić information content (AvgIpc) is 2.67. The van der Waals surface area contributed by atoms with Crippen LogP contribution in [-0.4, -0.2) is 29.8 Å². The predicted octanol–water partition coefficient (Wildman–Crippen LogP) is 3.89. The van der Waals surface area contributed by atoms with E-state index in [2.05, 4.69) is 5.32 Å². The van der Waals surface area contributed by atoms with Gasteiger partial charge in [-0.3, -0.25) is 9.59 Å². The molecule has 1 aliphatic rings. The van der Waals surface area contributed by atoms with Crippen LogP contribution in [0.4, 0.5) is 5.69 Å². The molecule has 4 nitrogen and oxygen atoms in total. The number of carbonyl (C=O) groups is 2. The van der Waals surface area contributed by atoms with E-state index in [4.69, 9.17) is 0 Å². The van der Waals surface area contributed by atoms with Crippen molar-refractivity contribution < 1.29 is 9.59 Å². The maximum Gasteiger partial charge on any atom is 0.246 e. The molecule has 26 heavy (non-hydrogen) atoms. The molecule has 1 aliphatic heterocycles. The minimum absolute atomic E-state index is 0.00780. The van der Waals surface area contributed by atoms with E-state index in [0.29, 0.717) is 25.9 Å². The summed E-state index contributed by atoms with van der Waals surface area (Å²) in [5, 5.41) is 2.95. The lowest BCUT2D eigenvalue weighted by molar-refractivity contribution is -0.130. The second kappa shape index (κ2) is 8.48. The van der Waals surface area contributed by atoms with E-state index in [1.54, 1.807) is 6.08 Å². The quantitative estimate of drug-likeness (QED) is 0.852. The Morgan fingerprint density at radius 2 is 1.77 bits per heavy atom. The summed E-state index contributed by atoms with van der Waals surface area (Å²) in [4.78, 5) is 26.5. The highest BCUT2D eigenvalue weighted by Gasteiger charge is 2.26. The minimum atomic E-state index is -0.0417. The Balaban J connectivity index is 1.50. The summed E-state index contributed by atoms with van der Waals surface area (Å²) >= 11 is 0. The lowest BCUT2D eigenvalue weighted by atomic mass is 9.95. The smallest absolute Gasteiger partial charge is 0.246 e. The van der Waals surface area contributed by atoms with Crippen molar-refractivity contribution in [3.63, 3.8) is 0 Å². The fraction of sp³-hybridized carbons (Fsp3) is 0.273. The van der Waals surface area contributed by atoms with Crippen molar-refractivity contribution in [2.24, 2.45) is 5.92 Å². The maximum atomic E-state index is 12.4. The number of piperidine rings is 1. The largest absolute Gasteiger partial charge is 0.339 e. The summed E-state index contributed by atoms with van der Waals surface area (Å²) in [6.45, 7) is 3.26. The SMILES string of the molecule is Cc1cccc(/C=C/C(=O)N2CCC(C(=O)Nc3ccccc3)CC2)c1. The Bertz CT molecular complexity index is 791. The number of hydrogen-bond acceptors (Lipinski definition) is 2. The maximum absolute atomic E-state index is 12.4. The monoisotopic (exact) mass is 348 g/mol. The van der Waals surface area contributed by atoms with Crippen LogP contribution in [0.15, 0.2) is 60.7 Å². The van der Waals surface area contributed by atoms with Gasteiger partial charge in [-0.05, 0) is 43.5 Å². The van der Waals surface area contributed by atoms with Crippen molar-refractivity contribution >= 4 is 23.6 Å². The first-order valence-corrected chi connectivity index (χ1v) is 9.01. The van der Waals surface area contributed by atoms with E-state index in [-0.39, 0.29) is 17.7 Å². The van der Waals surface area contributed by atoms with Crippen LogP contribution in [0.1, 0.15) is 24.0 Å². The molecule has 1 heterocycles. The van der Waals surface area contributed by atoms with Gasteiger partial charge in [0.25, 0.3) is 0 Å². The summed E-state index contributed by atoms with van der Waals surface area (Å²) in [6, 6.07) is 17.5. The number of para-hydroxylation sites is 1. The molecular formula is C22H24N2O2. The number of nitrogens with zero attached hydrogens (tertiary/aromatic N) is 1. The van der Waals surface area contributed by atoms with Gasteiger partial charge in [-0.1, -0.05) is 48.0 Å². The second-order valence-electron chi connectivity index (χ2n) is 6.70. The van der Waals surface area contributed by atoms with Gasteiger partial charge in [0.1, 0.15) is 0 Å². The number of hydrogen-bond donors (Lipinski definition) is 1. The molecule has 1 saturated heterocycles. The Morgan fingerprint density at radius 1 is 1.04 bits per heavy atom. The highest BCUT2D eigenvalue weighted by Crippen LogP contribution is 2.20. The molecule has 1 N–H and O–H groups in total. The van der Waals surface area contributed by atoms with Gasteiger partial charge in [-0.2, -0.15) is 0 Å². The van der Waals surface area contributed by atoms with Crippen molar-refractivity contribution in [2.75, 3.05) is 18.4 Å². The molecule has 134 valence electrons. The average molecular weight is 348 g/mol. The molecule has 3 rings (SSSR count). The van der Waals surface area contributed by atoms with E-state index in [9.17, 15) is 9.59 Å². The predicted molar refractivity (Wildman–Crippen MR) is 105 cm³/mol. The van der Waals surface area contributed by atoms with Crippen LogP contribution in [0, 0.1) is 12.8 Å². The molecule has 2 aromatic rings. The molecule has 1 fully saturated rings. The van der Waals surface area contributed by atoms with Crippen molar-refractivity contribution in [2.45, 2.75) is 19.8 Å². The molecule has 4 heteroatoms. The summed E-state index contributed by atoms with van der Waals surface area (Å²) in [5.74, 6) is 0.00651. The highest BCUT2D eigenvalue weighted by molar-refractivity contribution is 5.94. The van der Waals surface area contributed by atoms with E-state index in [1.807, 2.05) is 72.5 Å². The number of aryl methyl sites for hydroxylation is 1. The first-order valence-electron chi connectivity index (χ1n) is 9.01. The molecular weight excluding hydrogens is 324 g/mol. The van der Waals surface area contributed by atoms with Crippen LogP contribution >= 0.6 is 0 Å². The summed E-state index contributed by atoms with van der Waals surface area (Å²) < 4.78 is 0. The van der Waals surface area contributed by atoms with Crippen LogP contribution < -0.4 is 5.32 Å². The van der Waals surface area contributed by atoms with Gasteiger partial charge < -0.3 is 10.2 Å². The number of benzene rings is 2. The molecule has 0 saturated carbocycles. The zero-order valence-electron chi connectivity index (χ0n) is 15.0. The van der Waals surface area contributed by atoms with Gasteiger partial charge >= 0.3 is 0 Å². The van der Waals surface area contributed by atoms with Crippen LogP contribution in [0.3, 0.4) is 0 Å².